The highest BCUT2D eigenvalue weighted by atomic mass is 16.2. The van der Waals surface area contributed by atoms with Crippen LogP contribution in [0.1, 0.15) is 29.8 Å². The molecule has 1 amide bonds. The average molecular weight is 364 g/mol. The van der Waals surface area contributed by atoms with Crippen molar-refractivity contribution in [3.05, 3.63) is 65.9 Å². The number of pyridine rings is 1. The van der Waals surface area contributed by atoms with Crippen molar-refractivity contribution in [1.29, 1.82) is 0 Å². The fourth-order valence-electron chi connectivity index (χ4n) is 3.16. The van der Waals surface area contributed by atoms with Crippen LogP contribution in [-0.2, 0) is 0 Å². The number of carbonyl (C=O) groups is 1. The van der Waals surface area contributed by atoms with E-state index in [2.05, 4.69) is 53.3 Å². The minimum Gasteiger partial charge on any atom is -0.368 e. The van der Waals surface area contributed by atoms with E-state index in [1.807, 2.05) is 29.2 Å². The molecular formula is C22H28N4O. The molecule has 5 nitrogen and oxygen atoms in total. The summed E-state index contributed by atoms with van der Waals surface area (Å²) in [6, 6.07) is 14.2. The zero-order valence-electron chi connectivity index (χ0n) is 16.1. The molecular weight excluding hydrogens is 336 g/mol. The Morgan fingerprint density at radius 2 is 1.89 bits per heavy atom. The standard InChI is InChI=1S/C22H28N4O/c1-18(2)24-21-17-20(10-11-23-21)22(27)26-15-13-25(14-16-26)12-6-9-19-7-4-3-5-8-19/h3-11,17-18H,12-16H2,1-2H3,(H,23,24)/b9-6+. The van der Waals surface area contributed by atoms with Gasteiger partial charge in [0.05, 0.1) is 0 Å². The highest BCUT2D eigenvalue weighted by Crippen LogP contribution is 2.13. The van der Waals surface area contributed by atoms with E-state index in [1.165, 1.54) is 5.56 Å². The number of aromatic nitrogens is 1. The number of carbonyl (C=O) groups excluding carboxylic acids is 1. The molecule has 0 aliphatic carbocycles. The van der Waals surface area contributed by atoms with Crippen molar-refractivity contribution >= 4 is 17.8 Å². The zero-order chi connectivity index (χ0) is 19.1. The number of anilines is 1. The number of benzene rings is 1. The van der Waals surface area contributed by atoms with Crippen molar-refractivity contribution in [1.82, 2.24) is 14.8 Å². The van der Waals surface area contributed by atoms with Crippen LogP contribution in [0.5, 0.6) is 0 Å². The molecule has 1 aliphatic heterocycles. The van der Waals surface area contributed by atoms with Crippen molar-refractivity contribution in [3.8, 4) is 0 Å². The quantitative estimate of drug-likeness (QED) is 0.854. The van der Waals surface area contributed by atoms with Crippen LogP contribution in [0.2, 0.25) is 0 Å². The highest BCUT2D eigenvalue weighted by Gasteiger charge is 2.21. The lowest BCUT2D eigenvalue weighted by atomic mass is 10.2. The number of amides is 1. The molecule has 1 aromatic carbocycles. The van der Waals surface area contributed by atoms with Crippen molar-refractivity contribution in [2.75, 3.05) is 38.0 Å². The fraction of sp³-hybridized carbons (Fsp3) is 0.364. The lowest BCUT2D eigenvalue weighted by molar-refractivity contribution is 0.0650. The molecule has 0 atom stereocenters. The van der Waals surface area contributed by atoms with E-state index in [9.17, 15) is 4.79 Å². The maximum Gasteiger partial charge on any atom is 0.254 e. The Hall–Kier alpha value is -2.66. The molecule has 142 valence electrons. The van der Waals surface area contributed by atoms with Gasteiger partial charge in [-0.25, -0.2) is 4.98 Å². The van der Waals surface area contributed by atoms with Gasteiger partial charge in [0.15, 0.2) is 0 Å². The number of piperazine rings is 1. The van der Waals surface area contributed by atoms with E-state index >= 15 is 0 Å². The van der Waals surface area contributed by atoms with Crippen molar-refractivity contribution in [3.63, 3.8) is 0 Å². The van der Waals surface area contributed by atoms with E-state index in [0.717, 1.165) is 38.5 Å². The van der Waals surface area contributed by atoms with Gasteiger partial charge < -0.3 is 10.2 Å². The van der Waals surface area contributed by atoms with Gasteiger partial charge in [-0.15, -0.1) is 0 Å². The van der Waals surface area contributed by atoms with Crippen molar-refractivity contribution < 1.29 is 4.79 Å². The number of nitrogens with one attached hydrogen (secondary N) is 1. The normalized spacial score (nSPS) is 15.4. The van der Waals surface area contributed by atoms with E-state index in [0.29, 0.717) is 5.56 Å². The van der Waals surface area contributed by atoms with Crippen LogP contribution in [0.15, 0.2) is 54.7 Å². The zero-order valence-corrected chi connectivity index (χ0v) is 16.1. The first kappa shape index (κ1) is 19.1. The molecule has 1 fully saturated rings. The number of hydrogen-bond acceptors (Lipinski definition) is 4. The molecule has 2 aromatic rings. The Morgan fingerprint density at radius 3 is 2.59 bits per heavy atom. The van der Waals surface area contributed by atoms with Crippen LogP contribution in [0, 0.1) is 0 Å². The van der Waals surface area contributed by atoms with Gasteiger partial charge in [-0.1, -0.05) is 42.5 Å². The molecule has 0 radical (unpaired) electrons. The Morgan fingerprint density at radius 1 is 1.15 bits per heavy atom. The highest BCUT2D eigenvalue weighted by molar-refractivity contribution is 5.94. The summed E-state index contributed by atoms with van der Waals surface area (Å²) in [5.41, 5.74) is 1.92. The third-order valence-electron chi connectivity index (χ3n) is 4.58. The van der Waals surface area contributed by atoms with E-state index in [4.69, 9.17) is 0 Å². The monoisotopic (exact) mass is 364 g/mol. The summed E-state index contributed by atoms with van der Waals surface area (Å²) >= 11 is 0. The largest absolute Gasteiger partial charge is 0.368 e. The second-order valence-corrected chi connectivity index (χ2v) is 7.13. The molecule has 27 heavy (non-hydrogen) atoms. The molecule has 3 rings (SSSR count). The van der Waals surface area contributed by atoms with Gasteiger partial charge in [0.2, 0.25) is 0 Å². The molecule has 0 spiro atoms. The summed E-state index contributed by atoms with van der Waals surface area (Å²) in [7, 11) is 0. The van der Waals surface area contributed by atoms with E-state index in [-0.39, 0.29) is 11.9 Å². The van der Waals surface area contributed by atoms with Crippen LogP contribution >= 0.6 is 0 Å². The number of rotatable bonds is 6. The van der Waals surface area contributed by atoms with Gasteiger partial charge in [-0.3, -0.25) is 9.69 Å². The fourth-order valence-corrected chi connectivity index (χ4v) is 3.16. The number of hydrogen-bond donors (Lipinski definition) is 1. The van der Waals surface area contributed by atoms with Gasteiger partial charge in [-0.2, -0.15) is 0 Å². The molecule has 1 aliphatic rings. The minimum absolute atomic E-state index is 0.0867. The molecule has 1 saturated heterocycles. The molecule has 0 unspecified atom stereocenters. The maximum absolute atomic E-state index is 12.8. The lowest BCUT2D eigenvalue weighted by Gasteiger charge is -2.34. The maximum atomic E-state index is 12.8. The molecule has 1 N–H and O–H groups in total. The van der Waals surface area contributed by atoms with Crippen LogP contribution in [-0.4, -0.2) is 59.5 Å². The molecule has 2 heterocycles. The first-order valence-electron chi connectivity index (χ1n) is 9.57. The van der Waals surface area contributed by atoms with E-state index < -0.39 is 0 Å². The first-order valence-corrected chi connectivity index (χ1v) is 9.57. The SMILES string of the molecule is CC(C)Nc1cc(C(=O)N2CCN(C/C=C/c3ccccc3)CC2)ccn1. The molecule has 0 saturated carbocycles. The predicted octanol–water partition coefficient (Wildman–Crippen LogP) is 3.37. The van der Waals surface area contributed by atoms with Gasteiger partial charge in [0.25, 0.3) is 5.91 Å². The summed E-state index contributed by atoms with van der Waals surface area (Å²) < 4.78 is 0. The summed E-state index contributed by atoms with van der Waals surface area (Å²) in [6.45, 7) is 8.33. The summed E-state index contributed by atoms with van der Waals surface area (Å²) in [5.74, 6) is 0.837. The Bertz CT molecular complexity index is 765. The molecule has 1 aromatic heterocycles. The summed E-state index contributed by atoms with van der Waals surface area (Å²) in [5, 5.41) is 3.25. The Balaban J connectivity index is 1.50. The predicted molar refractivity (Wildman–Crippen MR) is 111 cm³/mol. The summed E-state index contributed by atoms with van der Waals surface area (Å²) in [6.07, 6.45) is 6.04. The topological polar surface area (TPSA) is 48.5 Å². The number of nitrogens with zero attached hydrogens (tertiary/aromatic N) is 3. The second kappa shape index (κ2) is 9.33. The van der Waals surface area contributed by atoms with Gasteiger partial charge in [0, 0.05) is 50.5 Å². The van der Waals surface area contributed by atoms with Crippen LogP contribution < -0.4 is 5.32 Å². The Kier molecular flexibility index (Phi) is 6.60. The van der Waals surface area contributed by atoms with E-state index in [1.54, 1.807) is 12.3 Å². The van der Waals surface area contributed by atoms with Crippen LogP contribution in [0.3, 0.4) is 0 Å². The first-order chi connectivity index (χ1) is 13.1. The van der Waals surface area contributed by atoms with Gasteiger partial charge >= 0.3 is 0 Å². The third kappa shape index (κ3) is 5.66. The van der Waals surface area contributed by atoms with Gasteiger partial charge in [-0.05, 0) is 31.5 Å². The molecule has 0 bridgehead atoms. The lowest BCUT2D eigenvalue weighted by Crippen LogP contribution is -2.48. The minimum atomic E-state index is 0.0867. The van der Waals surface area contributed by atoms with Crippen molar-refractivity contribution in [2.24, 2.45) is 0 Å². The summed E-state index contributed by atoms with van der Waals surface area (Å²) in [4.78, 5) is 21.4. The van der Waals surface area contributed by atoms with Crippen LogP contribution in [0.4, 0.5) is 5.82 Å². The smallest absolute Gasteiger partial charge is 0.254 e. The average Bonchev–Trinajstić information content (AvgIpc) is 2.68. The van der Waals surface area contributed by atoms with Gasteiger partial charge in [0.1, 0.15) is 5.82 Å². The third-order valence-corrected chi connectivity index (χ3v) is 4.58. The Labute approximate surface area is 161 Å². The van der Waals surface area contributed by atoms with Crippen molar-refractivity contribution in [2.45, 2.75) is 19.9 Å². The van der Waals surface area contributed by atoms with Crippen LogP contribution in [0.25, 0.3) is 6.08 Å². The second-order valence-electron chi connectivity index (χ2n) is 7.13. The molecule has 5 heteroatoms.